The van der Waals surface area contributed by atoms with E-state index in [9.17, 15) is 4.79 Å². The molecular weight excluding hydrogens is 306 g/mol. The van der Waals surface area contributed by atoms with Gasteiger partial charge in [-0.1, -0.05) is 30.3 Å². The van der Waals surface area contributed by atoms with Crippen molar-refractivity contribution in [2.45, 2.75) is 50.7 Å². The van der Waals surface area contributed by atoms with Crippen LogP contribution in [-0.2, 0) is 28.3 Å². The van der Waals surface area contributed by atoms with Crippen LogP contribution in [0.1, 0.15) is 44.0 Å². The zero-order chi connectivity index (χ0) is 16.4. The minimum atomic E-state index is -0.142. The summed E-state index contributed by atoms with van der Waals surface area (Å²) in [6, 6.07) is 10.1. The molecule has 0 spiro atoms. The third kappa shape index (κ3) is 3.61. The molecule has 23 heavy (non-hydrogen) atoms. The molecule has 1 aliphatic rings. The van der Waals surface area contributed by atoms with E-state index in [1.165, 1.54) is 11.1 Å². The van der Waals surface area contributed by atoms with Gasteiger partial charge in [0.1, 0.15) is 5.82 Å². The second-order valence-electron chi connectivity index (χ2n) is 6.88. The molecule has 0 saturated carbocycles. The first-order valence-corrected chi connectivity index (χ1v) is 9.13. The average molecular weight is 329 g/mol. The molecule has 5 heteroatoms. The molecule has 1 amide bonds. The first kappa shape index (κ1) is 16.1. The maximum atomic E-state index is 12.4. The summed E-state index contributed by atoms with van der Waals surface area (Å²) >= 11 is 1.85. The van der Waals surface area contributed by atoms with Crippen molar-refractivity contribution in [1.82, 2.24) is 9.78 Å². The Hall–Kier alpha value is -1.75. The number of nitrogens with zero attached hydrogens (tertiary/aromatic N) is 2. The van der Waals surface area contributed by atoms with Gasteiger partial charge in [-0.15, -0.1) is 0 Å². The summed E-state index contributed by atoms with van der Waals surface area (Å²) in [5.41, 5.74) is 3.35. The largest absolute Gasteiger partial charge is 0.311 e. The van der Waals surface area contributed by atoms with Gasteiger partial charge in [-0.2, -0.15) is 16.9 Å². The van der Waals surface area contributed by atoms with Gasteiger partial charge in [-0.25, -0.2) is 4.68 Å². The highest BCUT2D eigenvalue weighted by Gasteiger charge is 2.28. The fraction of sp³-hybridized carbons (Fsp3) is 0.444. The fourth-order valence-electron chi connectivity index (χ4n) is 2.72. The van der Waals surface area contributed by atoms with E-state index in [2.05, 4.69) is 38.2 Å². The van der Waals surface area contributed by atoms with Gasteiger partial charge in [-0.3, -0.25) is 4.79 Å². The summed E-state index contributed by atoms with van der Waals surface area (Å²) in [4.78, 5) is 12.4. The summed E-state index contributed by atoms with van der Waals surface area (Å²) in [5, 5.41) is 7.83. The number of hydrogen-bond donors (Lipinski definition) is 1. The van der Waals surface area contributed by atoms with E-state index in [1.54, 1.807) is 0 Å². The minimum absolute atomic E-state index is 0.0546. The summed E-state index contributed by atoms with van der Waals surface area (Å²) in [6.45, 7) is 6.34. The molecule has 122 valence electrons. The van der Waals surface area contributed by atoms with Gasteiger partial charge in [0.2, 0.25) is 5.91 Å². The number of carbonyl (C=O) groups is 1. The highest BCUT2D eigenvalue weighted by molar-refractivity contribution is 7.98. The second kappa shape index (κ2) is 6.40. The van der Waals surface area contributed by atoms with E-state index < -0.39 is 0 Å². The van der Waals surface area contributed by atoms with Crippen LogP contribution < -0.4 is 5.32 Å². The second-order valence-corrected chi connectivity index (χ2v) is 7.87. The SMILES string of the molecule is CC(C)(C)n1nc2c(c1NC(=O)CCc1ccccc1)CSC2. The average Bonchev–Trinajstić information content (AvgIpc) is 3.08. The smallest absolute Gasteiger partial charge is 0.225 e. The summed E-state index contributed by atoms with van der Waals surface area (Å²) in [5.74, 6) is 2.81. The lowest BCUT2D eigenvalue weighted by molar-refractivity contribution is -0.116. The molecule has 0 radical (unpaired) electrons. The first-order valence-electron chi connectivity index (χ1n) is 7.98. The van der Waals surface area contributed by atoms with Crippen molar-refractivity contribution in [3.63, 3.8) is 0 Å². The molecule has 1 aromatic carbocycles. The Balaban J connectivity index is 1.73. The predicted octanol–water partition coefficient (Wildman–Crippen LogP) is 3.96. The van der Waals surface area contributed by atoms with E-state index in [-0.39, 0.29) is 11.4 Å². The molecule has 0 unspecified atom stereocenters. The Kier molecular flexibility index (Phi) is 4.48. The van der Waals surface area contributed by atoms with Crippen LogP contribution in [0, 0.1) is 0 Å². The Morgan fingerprint density at radius 1 is 1.26 bits per heavy atom. The van der Waals surface area contributed by atoms with Gasteiger partial charge in [0, 0.05) is 23.5 Å². The first-order chi connectivity index (χ1) is 10.9. The van der Waals surface area contributed by atoms with E-state index in [0.717, 1.165) is 29.4 Å². The van der Waals surface area contributed by atoms with Crippen LogP contribution in [0.2, 0.25) is 0 Å². The number of carbonyl (C=O) groups excluding carboxylic acids is 1. The van der Waals surface area contributed by atoms with Crippen LogP contribution in [0.15, 0.2) is 30.3 Å². The third-order valence-corrected chi connectivity index (χ3v) is 4.90. The van der Waals surface area contributed by atoms with Crippen LogP contribution in [0.5, 0.6) is 0 Å². The number of rotatable bonds is 4. The van der Waals surface area contributed by atoms with Gasteiger partial charge < -0.3 is 5.32 Å². The number of aromatic nitrogens is 2. The quantitative estimate of drug-likeness (QED) is 0.923. The van der Waals surface area contributed by atoms with Crippen molar-refractivity contribution < 1.29 is 4.79 Å². The summed E-state index contributed by atoms with van der Waals surface area (Å²) in [6.07, 6.45) is 1.24. The molecule has 1 aliphatic heterocycles. The molecular formula is C18H23N3OS. The Labute approximate surface area is 141 Å². The normalized spacial score (nSPS) is 13.9. The number of anilines is 1. The van der Waals surface area contributed by atoms with E-state index in [4.69, 9.17) is 5.10 Å². The lowest BCUT2D eigenvalue weighted by atomic mass is 10.1. The van der Waals surface area contributed by atoms with Gasteiger partial charge in [0.15, 0.2) is 0 Å². The number of benzene rings is 1. The van der Waals surface area contributed by atoms with Crippen molar-refractivity contribution in [2.24, 2.45) is 0 Å². The fourth-order valence-corrected chi connectivity index (χ4v) is 3.76. The maximum Gasteiger partial charge on any atom is 0.225 e. The number of aryl methyl sites for hydroxylation is 1. The monoisotopic (exact) mass is 329 g/mol. The van der Waals surface area contributed by atoms with Gasteiger partial charge in [0.05, 0.1) is 11.2 Å². The molecule has 3 rings (SSSR count). The number of amides is 1. The minimum Gasteiger partial charge on any atom is -0.311 e. The zero-order valence-electron chi connectivity index (χ0n) is 13.9. The van der Waals surface area contributed by atoms with Gasteiger partial charge in [-0.05, 0) is 32.8 Å². The van der Waals surface area contributed by atoms with Crippen LogP contribution >= 0.6 is 11.8 Å². The van der Waals surface area contributed by atoms with E-state index >= 15 is 0 Å². The van der Waals surface area contributed by atoms with Crippen LogP contribution in [-0.4, -0.2) is 15.7 Å². The van der Waals surface area contributed by atoms with Crippen molar-refractivity contribution in [3.05, 3.63) is 47.2 Å². The topological polar surface area (TPSA) is 46.9 Å². The molecule has 2 heterocycles. The highest BCUT2D eigenvalue weighted by Crippen LogP contribution is 2.37. The Morgan fingerprint density at radius 2 is 2.00 bits per heavy atom. The molecule has 0 bridgehead atoms. The third-order valence-electron chi connectivity index (χ3n) is 3.93. The van der Waals surface area contributed by atoms with Crippen molar-refractivity contribution in [2.75, 3.05) is 5.32 Å². The number of nitrogens with one attached hydrogen (secondary N) is 1. The lowest BCUT2D eigenvalue weighted by Crippen LogP contribution is -2.27. The van der Waals surface area contributed by atoms with Crippen molar-refractivity contribution >= 4 is 23.5 Å². The predicted molar refractivity (Wildman–Crippen MR) is 95.6 cm³/mol. The van der Waals surface area contributed by atoms with Crippen molar-refractivity contribution in [1.29, 1.82) is 0 Å². The molecule has 4 nitrogen and oxygen atoms in total. The van der Waals surface area contributed by atoms with Gasteiger partial charge >= 0.3 is 0 Å². The van der Waals surface area contributed by atoms with Crippen molar-refractivity contribution in [3.8, 4) is 0 Å². The standard InChI is InChI=1S/C18H23N3OS/c1-18(2,3)21-17(14-11-23-12-15(14)20-21)19-16(22)10-9-13-7-5-4-6-8-13/h4-8H,9-12H2,1-3H3,(H,19,22). The molecule has 1 aromatic heterocycles. The van der Waals surface area contributed by atoms with E-state index in [1.807, 2.05) is 34.6 Å². The molecule has 0 aliphatic carbocycles. The lowest BCUT2D eigenvalue weighted by Gasteiger charge is -2.23. The highest BCUT2D eigenvalue weighted by atomic mass is 32.2. The zero-order valence-corrected chi connectivity index (χ0v) is 14.7. The van der Waals surface area contributed by atoms with E-state index in [0.29, 0.717) is 6.42 Å². The molecule has 0 saturated heterocycles. The number of fused-ring (bicyclic) bond motifs is 1. The molecule has 0 atom stereocenters. The number of thioether (sulfide) groups is 1. The summed E-state index contributed by atoms with van der Waals surface area (Å²) in [7, 11) is 0. The molecule has 1 N–H and O–H groups in total. The van der Waals surface area contributed by atoms with Crippen LogP contribution in [0.25, 0.3) is 0 Å². The maximum absolute atomic E-state index is 12.4. The number of hydrogen-bond acceptors (Lipinski definition) is 3. The van der Waals surface area contributed by atoms with Crippen LogP contribution in [0.3, 0.4) is 0 Å². The Morgan fingerprint density at radius 3 is 2.70 bits per heavy atom. The summed E-state index contributed by atoms with van der Waals surface area (Å²) < 4.78 is 1.97. The Bertz CT molecular complexity index is 701. The molecule has 0 fully saturated rings. The van der Waals surface area contributed by atoms with Crippen LogP contribution in [0.4, 0.5) is 5.82 Å². The molecule has 2 aromatic rings. The van der Waals surface area contributed by atoms with Gasteiger partial charge in [0.25, 0.3) is 0 Å².